The Kier molecular flexibility index (Phi) is 5.37. The summed E-state index contributed by atoms with van der Waals surface area (Å²) in [6.07, 6.45) is 4.24. The number of amides is 1. The van der Waals surface area contributed by atoms with Crippen LogP contribution in [-0.2, 0) is 9.59 Å². The lowest BCUT2D eigenvalue weighted by atomic mass is 9.91. The molecule has 2 atom stereocenters. The number of carbonyl (C=O) groups is 2. The van der Waals surface area contributed by atoms with Crippen LogP contribution in [0.1, 0.15) is 57.6 Å². The number of halogens is 1. The summed E-state index contributed by atoms with van der Waals surface area (Å²) >= 11 is 3.42. The summed E-state index contributed by atoms with van der Waals surface area (Å²) in [5.74, 6) is -0.767. The molecule has 1 heterocycles. The van der Waals surface area contributed by atoms with Gasteiger partial charge in [0.2, 0.25) is 0 Å². The van der Waals surface area contributed by atoms with Crippen molar-refractivity contribution in [3.63, 3.8) is 0 Å². The highest BCUT2D eigenvalue weighted by molar-refractivity contribution is 9.10. The third-order valence-corrected chi connectivity index (χ3v) is 5.60. The number of hydrogen-bond donors (Lipinski definition) is 1. The lowest BCUT2D eigenvalue weighted by Gasteiger charge is -2.38. The van der Waals surface area contributed by atoms with Crippen molar-refractivity contribution in [1.29, 1.82) is 0 Å². The van der Waals surface area contributed by atoms with Crippen LogP contribution in [0, 0.1) is 5.92 Å². The van der Waals surface area contributed by atoms with Gasteiger partial charge in [0.1, 0.15) is 5.75 Å². The van der Waals surface area contributed by atoms with Gasteiger partial charge >= 0.3 is 5.97 Å². The van der Waals surface area contributed by atoms with E-state index in [1.54, 1.807) is 17.0 Å². The topological polar surface area (TPSA) is 66.8 Å². The summed E-state index contributed by atoms with van der Waals surface area (Å²) in [7, 11) is 0. The Labute approximate surface area is 156 Å². The van der Waals surface area contributed by atoms with E-state index in [1.165, 1.54) is 0 Å². The molecule has 136 valence electrons. The molecule has 0 saturated heterocycles. The number of nitrogens with zero attached hydrogens (tertiary/aromatic N) is 1. The fourth-order valence-corrected chi connectivity index (χ4v) is 4.25. The Bertz CT molecular complexity index is 669. The van der Waals surface area contributed by atoms with Gasteiger partial charge in [-0.1, -0.05) is 49.0 Å². The van der Waals surface area contributed by atoms with Gasteiger partial charge < -0.3 is 14.7 Å². The fraction of sp³-hybridized carbons (Fsp3) is 0.579. The van der Waals surface area contributed by atoms with Gasteiger partial charge in [0, 0.05) is 16.1 Å². The maximum absolute atomic E-state index is 13.3. The highest BCUT2D eigenvalue weighted by atomic mass is 79.9. The molecule has 0 aromatic heterocycles. The molecule has 1 aromatic rings. The van der Waals surface area contributed by atoms with Crippen LogP contribution in [0.15, 0.2) is 22.7 Å². The SMILES string of the molecule is CC(C)C1Oc2ccc(Br)cc2C(C(=O)O)N(C2CCCCC2)C1=O. The van der Waals surface area contributed by atoms with Gasteiger partial charge in [-0.25, -0.2) is 4.79 Å². The van der Waals surface area contributed by atoms with E-state index in [9.17, 15) is 14.7 Å². The summed E-state index contributed by atoms with van der Waals surface area (Å²) in [4.78, 5) is 27.1. The maximum atomic E-state index is 13.3. The molecule has 2 unspecified atom stereocenters. The molecule has 1 amide bonds. The van der Waals surface area contributed by atoms with Crippen LogP contribution in [0.25, 0.3) is 0 Å². The van der Waals surface area contributed by atoms with Crippen LogP contribution in [0.5, 0.6) is 5.75 Å². The van der Waals surface area contributed by atoms with E-state index in [4.69, 9.17) is 4.74 Å². The Balaban J connectivity index is 2.14. The van der Waals surface area contributed by atoms with Gasteiger partial charge in [-0.2, -0.15) is 0 Å². The second kappa shape index (κ2) is 7.36. The van der Waals surface area contributed by atoms with Crippen LogP contribution in [0.4, 0.5) is 0 Å². The normalized spacial score (nSPS) is 24.6. The third-order valence-electron chi connectivity index (χ3n) is 5.10. The molecule has 5 nitrogen and oxygen atoms in total. The summed E-state index contributed by atoms with van der Waals surface area (Å²) in [6.45, 7) is 3.86. The number of carboxylic acids is 1. The molecule has 1 N–H and O–H groups in total. The van der Waals surface area contributed by atoms with Crippen LogP contribution < -0.4 is 4.74 Å². The van der Waals surface area contributed by atoms with E-state index in [0.29, 0.717) is 11.3 Å². The summed E-state index contributed by atoms with van der Waals surface area (Å²) in [6, 6.07) is 4.28. The lowest BCUT2D eigenvalue weighted by Crippen LogP contribution is -2.51. The summed E-state index contributed by atoms with van der Waals surface area (Å²) in [5.41, 5.74) is 0.545. The number of fused-ring (bicyclic) bond motifs is 1. The van der Waals surface area contributed by atoms with Gasteiger partial charge in [-0.05, 0) is 37.0 Å². The van der Waals surface area contributed by atoms with E-state index in [0.717, 1.165) is 36.6 Å². The van der Waals surface area contributed by atoms with E-state index in [2.05, 4.69) is 15.9 Å². The number of aliphatic carboxylic acids is 1. The van der Waals surface area contributed by atoms with Crippen molar-refractivity contribution in [2.24, 2.45) is 5.92 Å². The Hall–Kier alpha value is -1.56. The summed E-state index contributed by atoms with van der Waals surface area (Å²) < 4.78 is 6.79. The first kappa shape index (κ1) is 18.2. The zero-order chi connectivity index (χ0) is 18.1. The quantitative estimate of drug-likeness (QED) is 0.813. The minimum absolute atomic E-state index is 0.0392. The minimum atomic E-state index is -1.01. The van der Waals surface area contributed by atoms with Gasteiger partial charge in [0.25, 0.3) is 5.91 Å². The van der Waals surface area contributed by atoms with Gasteiger partial charge in [-0.3, -0.25) is 4.79 Å². The monoisotopic (exact) mass is 409 g/mol. The molecule has 0 bridgehead atoms. The van der Waals surface area contributed by atoms with Crippen LogP contribution in [-0.4, -0.2) is 34.0 Å². The van der Waals surface area contributed by atoms with Crippen molar-refractivity contribution in [3.8, 4) is 5.75 Å². The second-order valence-electron chi connectivity index (χ2n) is 7.24. The number of rotatable bonds is 3. The van der Waals surface area contributed by atoms with Crippen molar-refractivity contribution in [2.75, 3.05) is 0 Å². The molecule has 3 rings (SSSR count). The van der Waals surface area contributed by atoms with E-state index >= 15 is 0 Å². The average molecular weight is 410 g/mol. The predicted molar refractivity (Wildman–Crippen MR) is 97.5 cm³/mol. The van der Waals surface area contributed by atoms with Gasteiger partial charge in [0.05, 0.1) is 0 Å². The van der Waals surface area contributed by atoms with Gasteiger partial charge in [0.15, 0.2) is 12.1 Å². The van der Waals surface area contributed by atoms with Crippen LogP contribution in [0.2, 0.25) is 0 Å². The third kappa shape index (κ3) is 3.54. The molecule has 1 aliphatic carbocycles. The molecule has 2 aliphatic rings. The highest BCUT2D eigenvalue weighted by Gasteiger charge is 2.45. The Morgan fingerprint density at radius 3 is 2.56 bits per heavy atom. The van der Waals surface area contributed by atoms with Crippen LogP contribution in [0.3, 0.4) is 0 Å². The minimum Gasteiger partial charge on any atom is -0.480 e. The number of hydrogen-bond acceptors (Lipinski definition) is 3. The zero-order valence-electron chi connectivity index (χ0n) is 14.6. The van der Waals surface area contributed by atoms with Crippen molar-refractivity contribution < 1.29 is 19.4 Å². The molecule has 25 heavy (non-hydrogen) atoms. The number of benzene rings is 1. The van der Waals surface area contributed by atoms with Crippen molar-refractivity contribution in [2.45, 2.75) is 64.1 Å². The zero-order valence-corrected chi connectivity index (χ0v) is 16.2. The fourth-order valence-electron chi connectivity index (χ4n) is 3.87. The smallest absolute Gasteiger partial charge is 0.331 e. The first-order valence-corrected chi connectivity index (χ1v) is 9.70. The lowest BCUT2D eigenvalue weighted by molar-refractivity contribution is -0.157. The molecular formula is C19H24BrNO4. The van der Waals surface area contributed by atoms with E-state index in [-0.39, 0.29) is 17.9 Å². The molecule has 0 spiro atoms. The average Bonchev–Trinajstić information content (AvgIpc) is 2.70. The standard InChI is InChI=1S/C19H24BrNO4/c1-11(2)17-18(22)21(13-6-4-3-5-7-13)16(19(23)24)14-10-12(20)8-9-15(14)25-17/h8-11,13,16-17H,3-7H2,1-2H3,(H,23,24). The molecule has 1 saturated carbocycles. The molecule has 1 aromatic carbocycles. The number of ether oxygens (including phenoxy) is 1. The van der Waals surface area contributed by atoms with Crippen LogP contribution >= 0.6 is 15.9 Å². The van der Waals surface area contributed by atoms with E-state index in [1.807, 2.05) is 19.9 Å². The van der Waals surface area contributed by atoms with Crippen molar-refractivity contribution >= 4 is 27.8 Å². The van der Waals surface area contributed by atoms with Crippen molar-refractivity contribution in [3.05, 3.63) is 28.2 Å². The van der Waals surface area contributed by atoms with Crippen molar-refractivity contribution in [1.82, 2.24) is 4.90 Å². The second-order valence-corrected chi connectivity index (χ2v) is 8.16. The number of carboxylic acid groups (broad SMARTS) is 1. The highest BCUT2D eigenvalue weighted by Crippen LogP contribution is 2.40. The first-order chi connectivity index (χ1) is 11.9. The maximum Gasteiger partial charge on any atom is 0.331 e. The summed E-state index contributed by atoms with van der Waals surface area (Å²) in [5, 5.41) is 9.98. The predicted octanol–water partition coefficient (Wildman–Crippen LogP) is 4.15. The Morgan fingerprint density at radius 2 is 1.96 bits per heavy atom. The molecule has 1 fully saturated rings. The molecule has 6 heteroatoms. The Morgan fingerprint density at radius 1 is 1.28 bits per heavy atom. The molecule has 1 aliphatic heterocycles. The number of carbonyl (C=O) groups excluding carboxylic acids is 1. The molecular weight excluding hydrogens is 386 g/mol. The van der Waals surface area contributed by atoms with Gasteiger partial charge in [-0.15, -0.1) is 0 Å². The first-order valence-electron chi connectivity index (χ1n) is 8.91. The largest absolute Gasteiger partial charge is 0.480 e. The van der Waals surface area contributed by atoms with E-state index < -0.39 is 18.1 Å². The molecule has 0 radical (unpaired) electrons.